The van der Waals surface area contributed by atoms with Crippen molar-refractivity contribution in [2.24, 2.45) is 5.41 Å². The van der Waals surface area contributed by atoms with Crippen molar-refractivity contribution in [3.63, 3.8) is 0 Å². The van der Waals surface area contributed by atoms with Crippen molar-refractivity contribution in [1.82, 2.24) is 13.6 Å². The Labute approximate surface area is 223 Å². The van der Waals surface area contributed by atoms with E-state index in [1.165, 1.54) is 44.6 Å². The molecule has 6 nitrogen and oxygen atoms in total. The second-order valence-electron chi connectivity index (χ2n) is 10.7. The Bertz CT molecular complexity index is 1050. The molecule has 3 fully saturated rings. The average Bonchev–Trinajstić information content (AvgIpc) is 3.62. The van der Waals surface area contributed by atoms with Crippen molar-refractivity contribution in [3.8, 4) is 5.75 Å². The highest BCUT2D eigenvalue weighted by atomic mass is 32.2. The predicted molar refractivity (Wildman–Crippen MR) is 150 cm³/mol. The van der Waals surface area contributed by atoms with Crippen LogP contribution in [0.3, 0.4) is 0 Å². The molecule has 3 saturated heterocycles. The molecule has 3 unspecified atom stereocenters. The average molecular weight is 529 g/mol. The highest BCUT2D eigenvalue weighted by Crippen LogP contribution is 2.43. The van der Waals surface area contributed by atoms with Crippen LogP contribution in [0, 0.1) is 19.3 Å². The molecule has 0 bridgehead atoms. The summed E-state index contributed by atoms with van der Waals surface area (Å²) in [6.45, 7) is 9.75. The Morgan fingerprint density at radius 3 is 2.61 bits per heavy atom. The van der Waals surface area contributed by atoms with Crippen LogP contribution in [-0.4, -0.2) is 69.4 Å². The van der Waals surface area contributed by atoms with Crippen LogP contribution in [-0.2, 0) is 11.0 Å². The van der Waals surface area contributed by atoms with E-state index in [0.29, 0.717) is 11.5 Å². The van der Waals surface area contributed by atoms with Gasteiger partial charge in [-0.05, 0) is 87.8 Å². The molecule has 3 aliphatic rings. The van der Waals surface area contributed by atoms with Gasteiger partial charge in [-0.15, -0.1) is 0 Å². The minimum Gasteiger partial charge on any atom is -0.497 e. The molecule has 0 amide bonds. The van der Waals surface area contributed by atoms with E-state index in [4.69, 9.17) is 4.74 Å². The lowest BCUT2D eigenvalue weighted by Crippen LogP contribution is -2.32. The molecule has 0 radical (unpaired) electrons. The van der Waals surface area contributed by atoms with Crippen LogP contribution >= 0.6 is 11.9 Å². The summed E-state index contributed by atoms with van der Waals surface area (Å²) in [7, 11) is 0.584. The Morgan fingerprint density at radius 1 is 1.11 bits per heavy atom. The number of hydrogen-bond donors (Lipinski definition) is 0. The molecular formula is C28H40N4O2S2. The van der Waals surface area contributed by atoms with E-state index in [1.807, 2.05) is 50.3 Å². The second-order valence-corrected chi connectivity index (χ2v) is 13.3. The molecule has 0 aliphatic carbocycles. The fraction of sp³-hybridized carbons (Fsp3) is 0.607. The van der Waals surface area contributed by atoms with Crippen LogP contribution < -0.4 is 9.64 Å². The molecule has 1 spiro atoms. The van der Waals surface area contributed by atoms with Gasteiger partial charge in [0.25, 0.3) is 0 Å². The van der Waals surface area contributed by atoms with Gasteiger partial charge in [-0.2, -0.15) is 0 Å². The molecule has 4 heterocycles. The van der Waals surface area contributed by atoms with Crippen molar-refractivity contribution >= 4 is 28.6 Å². The molecular weight excluding hydrogens is 488 g/mol. The molecule has 5 rings (SSSR count). The number of hydrogen-bond acceptors (Lipinski definition) is 6. The van der Waals surface area contributed by atoms with E-state index in [0.717, 1.165) is 59.9 Å². The van der Waals surface area contributed by atoms with Gasteiger partial charge in [-0.3, -0.25) is 4.98 Å². The lowest BCUT2D eigenvalue weighted by atomic mass is 9.86. The number of anilines is 1. The largest absolute Gasteiger partial charge is 0.497 e. The van der Waals surface area contributed by atoms with Gasteiger partial charge >= 0.3 is 0 Å². The third-order valence-electron chi connectivity index (χ3n) is 8.21. The normalized spacial score (nSPS) is 25.8. The molecule has 3 aliphatic heterocycles. The number of nitrogens with zero attached hydrogens (tertiary/aromatic N) is 4. The Hall–Kier alpha value is -1.61. The molecule has 2 aromatic rings. The van der Waals surface area contributed by atoms with Gasteiger partial charge in [0.15, 0.2) is 0 Å². The minimum atomic E-state index is -1.10. The lowest BCUT2D eigenvalue weighted by Gasteiger charge is -2.26. The summed E-state index contributed by atoms with van der Waals surface area (Å²) in [6, 6.07) is 8.70. The molecule has 1 aromatic carbocycles. The number of pyridine rings is 1. The second kappa shape index (κ2) is 11.4. The summed E-state index contributed by atoms with van der Waals surface area (Å²) in [4.78, 5) is 7.68. The van der Waals surface area contributed by atoms with Crippen molar-refractivity contribution in [2.75, 3.05) is 50.5 Å². The molecule has 36 heavy (non-hydrogen) atoms. The fourth-order valence-electron chi connectivity index (χ4n) is 6.30. The zero-order valence-electron chi connectivity index (χ0n) is 21.9. The molecule has 0 N–H and O–H groups in total. The third-order valence-corrected chi connectivity index (χ3v) is 11.3. The molecule has 196 valence electrons. The van der Waals surface area contributed by atoms with Gasteiger partial charge in [0.05, 0.1) is 12.0 Å². The predicted octanol–water partition coefficient (Wildman–Crippen LogP) is 5.22. The van der Waals surface area contributed by atoms with E-state index >= 15 is 0 Å². The van der Waals surface area contributed by atoms with Gasteiger partial charge in [0, 0.05) is 68.0 Å². The quantitative estimate of drug-likeness (QED) is 0.328. The van der Waals surface area contributed by atoms with E-state index in [-0.39, 0.29) is 0 Å². The SMILES string of the molecule is COc1cc(C)c(S(=O)N2CCCC2CCCSN2CCC3(CCN(c4ccncc4)C3)C2)c(C)c1. The number of aromatic nitrogens is 1. The van der Waals surface area contributed by atoms with Crippen molar-refractivity contribution < 1.29 is 8.95 Å². The molecule has 3 atom stereocenters. The Morgan fingerprint density at radius 2 is 1.86 bits per heavy atom. The fourth-order valence-corrected chi connectivity index (χ4v) is 9.12. The highest BCUT2D eigenvalue weighted by Gasteiger charge is 2.43. The smallest absolute Gasteiger partial charge is 0.128 e. The molecule has 8 heteroatoms. The highest BCUT2D eigenvalue weighted by molar-refractivity contribution is 7.97. The topological polar surface area (TPSA) is 48.9 Å². The summed E-state index contributed by atoms with van der Waals surface area (Å²) in [5, 5.41) is 0. The number of aryl methyl sites for hydroxylation is 2. The number of ether oxygens (including phenoxy) is 1. The number of rotatable bonds is 9. The summed E-state index contributed by atoms with van der Waals surface area (Å²) < 4.78 is 23.9. The van der Waals surface area contributed by atoms with E-state index in [2.05, 4.69) is 30.6 Å². The Kier molecular flexibility index (Phi) is 8.25. The zero-order valence-corrected chi connectivity index (χ0v) is 23.6. The van der Waals surface area contributed by atoms with Crippen LogP contribution in [0.1, 0.15) is 49.7 Å². The van der Waals surface area contributed by atoms with Gasteiger partial charge in [-0.1, -0.05) is 11.9 Å². The first-order valence-corrected chi connectivity index (χ1v) is 15.4. The van der Waals surface area contributed by atoms with Crippen LogP contribution in [0.15, 0.2) is 41.6 Å². The maximum Gasteiger partial charge on any atom is 0.128 e. The van der Waals surface area contributed by atoms with Crippen LogP contribution in [0.2, 0.25) is 0 Å². The van der Waals surface area contributed by atoms with Crippen molar-refractivity contribution in [1.29, 1.82) is 0 Å². The van der Waals surface area contributed by atoms with Gasteiger partial charge < -0.3 is 9.64 Å². The number of methoxy groups -OCH3 is 1. The lowest BCUT2D eigenvalue weighted by molar-refractivity contribution is 0.350. The third kappa shape index (κ3) is 5.62. The molecule has 1 aromatic heterocycles. The Balaban J connectivity index is 1.09. The van der Waals surface area contributed by atoms with Gasteiger partial charge in [-0.25, -0.2) is 12.8 Å². The summed E-state index contributed by atoms with van der Waals surface area (Å²) >= 11 is 2.04. The maximum absolute atomic E-state index is 13.6. The van der Waals surface area contributed by atoms with E-state index < -0.39 is 11.0 Å². The van der Waals surface area contributed by atoms with Crippen molar-refractivity contribution in [3.05, 3.63) is 47.8 Å². The first-order valence-electron chi connectivity index (χ1n) is 13.3. The van der Waals surface area contributed by atoms with Gasteiger partial charge in [0.2, 0.25) is 0 Å². The molecule has 0 saturated carbocycles. The summed E-state index contributed by atoms with van der Waals surface area (Å²) in [5.41, 5.74) is 3.88. The minimum absolute atomic E-state index is 0.418. The van der Waals surface area contributed by atoms with E-state index in [9.17, 15) is 4.21 Å². The monoisotopic (exact) mass is 528 g/mol. The van der Waals surface area contributed by atoms with Gasteiger partial charge in [0.1, 0.15) is 16.7 Å². The number of benzene rings is 1. The summed E-state index contributed by atoms with van der Waals surface area (Å²) in [6.07, 6.45) is 11.0. The zero-order chi connectivity index (χ0) is 25.1. The van der Waals surface area contributed by atoms with Crippen molar-refractivity contribution in [2.45, 2.75) is 63.3 Å². The first kappa shape index (κ1) is 26.0. The maximum atomic E-state index is 13.6. The van der Waals surface area contributed by atoms with E-state index in [1.54, 1.807) is 7.11 Å². The summed E-state index contributed by atoms with van der Waals surface area (Å²) in [5.74, 6) is 1.99. The van der Waals surface area contributed by atoms with Crippen LogP contribution in [0.5, 0.6) is 5.75 Å². The van der Waals surface area contributed by atoms with Crippen LogP contribution in [0.25, 0.3) is 0 Å². The standard InChI is InChI=1S/C28H40N4O2S2/c1-22-18-26(34-3)19-23(2)27(22)36(33)32-14-4-6-25(32)7-5-17-35-31-16-11-28(21-31)10-15-30(20-28)24-8-12-29-13-9-24/h8-9,12-13,18-19,25H,4-7,10-11,14-17,20-21H2,1-3H3. The first-order chi connectivity index (χ1) is 17.5. The van der Waals surface area contributed by atoms with Crippen LogP contribution in [0.4, 0.5) is 5.69 Å².